The summed E-state index contributed by atoms with van der Waals surface area (Å²) in [6, 6.07) is 9.25. The van der Waals surface area contributed by atoms with Crippen LogP contribution in [0.3, 0.4) is 0 Å². The van der Waals surface area contributed by atoms with Gasteiger partial charge in [0.15, 0.2) is 0 Å². The van der Waals surface area contributed by atoms with E-state index >= 15 is 0 Å². The van der Waals surface area contributed by atoms with E-state index in [4.69, 9.17) is 0 Å². The van der Waals surface area contributed by atoms with Crippen LogP contribution in [-0.2, 0) is 6.42 Å². The van der Waals surface area contributed by atoms with Gasteiger partial charge in [-0.05, 0) is 60.7 Å². The van der Waals surface area contributed by atoms with Crippen molar-refractivity contribution in [2.24, 2.45) is 17.8 Å². The standard InChI is InChI=1S/C20H35N/c1-15(2)11-19(14-21-13-16(3)4)12-18-7-9-20(10-8-18)17(5)6/h7-10,15-17,19,21H,11-14H2,1-6H3. The third-order valence-electron chi connectivity index (χ3n) is 3.96. The zero-order chi connectivity index (χ0) is 15.8. The number of hydrogen-bond acceptors (Lipinski definition) is 1. The van der Waals surface area contributed by atoms with Crippen molar-refractivity contribution < 1.29 is 0 Å². The van der Waals surface area contributed by atoms with E-state index in [1.54, 1.807) is 0 Å². The molecule has 1 unspecified atom stereocenters. The Morgan fingerprint density at radius 1 is 0.810 bits per heavy atom. The molecule has 0 saturated heterocycles. The summed E-state index contributed by atoms with van der Waals surface area (Å²) in [5.74, 6) is 2.87. The molecule has 0 aliphatic rings. The van der Waals surface area contributed by atoms with Gasteiger partial charge < -0.3 is 5.32 Å². The van der Waals surface area contributed by atoms with Crippen molar-refractivity contribution >= 4 is 0 Å². The van der Waals surface area contributed by atoms with E-state index in [-0.39, 0.29) is 0 Å². The third-order valence-corrected chi connectivity index (χ3v) is 3.96. The van der Waals surface area contributed by atoms with Crippen molar-refractivity contribution in [2.45, 2.75) is 60.3 Å². The first kappa shape index (κ1) is 18.2. The van der Waals surface area contributed by atoms with Gasteiger partial charge in [0.05, 0.1) is 0 Å². The Morgan fingerprint density at radius 2 is 1.43 bits per heavy atom. The maximum Gasteiger partial charge on any atom is -0.00171 e. The first-order valence-electron chi connectivity index (χ1n) is 8.68. The SMILES string of the molecule is CC(C)CNCC(Cc1ccc(C(C)C)cc1)CC(C)C. The van der Waals surface area contributed by atoms with Gasteiger partial charge in [-0.1, -0.05) is 65.8 Å². The highest BCUT2D eigenvalue weighted by atomic mass is 14.9. The molecule has 0 radical (unpaired) electrons. The quantitative estimate of drug-likeness (QED) is 0.654. The maximum atomic E-state index is 3.64. The molecule has 1 aromatic carbocycles. The lowest BCUT2D eigenvalue weighted by molar-refractivity contribution is 0.376. The van der Waals surface area contributed by atoms with Crippen molar-refractivity contribution in [2.75, 3.05) is 13.1 Å². The van der Waals surface area contributed by atoms with Crippen LogP contribution in [-0.4, -0.2) is 13.1 Å². The lowest BCUT2D eigenvalue weighted by Gasteiger charge is -2.21. The molecule has 1 heteroatoms. The first-order valence-corrected chi connectivity index (χ1v) is 8.68. The van der Waals surface area contributed by atoms with E-state index in [1.165, 1.54) is 24.0 Å². The van der Waals surface area contributed by atoms with E-state index in [1.807, 2.05) is 0 Å². The lowest BCUT2D eigenvalue weighted by atomic mass is 9.90. The number of nitrogens with one attached hydrogen (secondary N) is 1. The molecule has 1 aromatic rings. The van der Waals surface area contributed by atoms with E-state index in [9.17, 15) is 0 Å². The summed E-state index contributed by atoms with van der Waals surface area (Å²) in [4.78, 5) is 0. The van der Waals surface area contributed by atoms with Gasteiger partial charge in [-0.25, -0.2) is 0 Å². The highest BCUT2D eigenvalue weighted by Gasteiger charge is 2.12. The van der Waals surface area contributed by atoms with Crippen molar-refractivity contribution in [1.29, 1.82) is 0 Å². The van der Waals surface area contributed by atoms with Gasteiger partial charge in [-0.15, -0.1) is 0 Å². The maximum absolute atomic E-state index is 3.64. The Morgan fingerprint density at radius 3 is 1.90 bits per heavy atom. The minimum absolute atomic E-state index is 0.623. The fourth-order valence-corrected chi connectivity index (χ4v) is 2.85. The van der Waals surface area contributed by atoms with Crippen LogP contribution in [0.1, 0.15) is 65.0 Å². The summed E-state index contributed by atoms with van der Waals surface area (Å²) in [7, 11) is 0. The molecule has 1 atom stereocenters. The zero-order valence-electron chi connectivity index (χ0n) is 14.9. The fraction of sp³-hybridized carbons (Fsp3) is 0.700. The molecule has 120 valence electrons. The molecule has 0 fully saturated rings. The predicted molar refractivity (Wildman–Crippen MR) is 94.9 cm³/mol. The molecule has 0 aromatic heterocycles. The summed E-state index contributed by atoms with van der Waals surface area (Å²) in [6.07, 6.45) is 2.50. The molecule has 0 heterocycles. The van der Waals surface area contributed by atoms with Crippen molar-refractivity contribution in [1.82, 2.24) is 5.32 Å². The first-order chi connectivity index (χ1) is 9.88. The zero-order valence-corrected chi connectivity index (χ0v) is 14.9. The average molecular weight is 290 g/mol. The van der Waals surface area contributed by atoms with E-state index in [0.717, 1.165) is 30.8 Å². The Balaban J connectivity index is 2.57. The molecule has 0 aliphatic carbocycles. The third kappa shape index (κ3) is 7.66. The van der Waals surface area contributed by atoms with Crippen LogP contribution >= 0.6 is 0 Å². The summed E-state index contributed by atoms with van der Waals surface area (Å²) in [6.45, 7) is 16.0. The van der Waals surface area contributed by atoms with Crippen LogP contribution in [0.5, 0.6) is 0 Å². The topological polar surface area (TPSA) is 12.0 Å². The summed E-state index contributed by atoms with van der Waals surface area (Å²) in [5, 5.41) is 3.64. The average Bonchev–Trinajstić information content (AvgIpc) is 2.38. The minimum atomic E-state index is 0.623. The second-order valence-electron chi connectivity index (χ2n) is 7.65. The van der Waals surface area contributed by atoms with Gasteiger partial charge in [-0.3, -0.25) is 0 Å². The monoisotopic (exact) mass is 289 g/mol. The molecule has 0 amide bonds. The molecule has 1 nitrogen and oxygen atoms in total. The summed E-state index contributed by atoms with van der Waals surface area (Å²) >= 11 is 0. The van der Waals surface area contributed by atoms with E-state index < -0.39 is 0 Å². The summed E-state index contributed by atoms with van der Waals surface area (Å²) < 4.78 is 0. The number of rotatable bonds is 9. The molecule has 0 aliphatic heterocycles. The van der Waals surface area contributed by atoms with Gasteiger partial charge >= 0.3 is 0 Å². The van der Waals surface area contributed by atoms with Crippen LogP contribution < -0.4 is 5.32 Å². The van der Waals surface area contributed by atoms with Crippen LogP contribution in [0.25, 0.3) is 0 Å². The number of hydrogen-bond donors (Lipinski definition) is 1. The van der Waals surface area contributed by atoms with Gasteiger partial charge in [0.1, 0.15) is 0 Å². The smallest absolute Gasteiger partial charge is 0.00171 e. The van der Waals surface area contributed by atoms with Gasteiger partial charge in [0, 0.05) is 0 Å². The van der Waals surface area contributed by atoms with Crippen LogP contribution in [0, 0.1) is 17.8 Å². The highest BCUT2D eigenvalue weighted by Crippen LogP contribution is 2.20. The van der Waals surface area contributed by atoms with E-state index in [2.05, 4.69) is 71.1 Å². The molecular formula is C20H35N. The molecule has 1 N–H and O–H groups in total. The van der Waals surface area contributed by atoms with Crippen molar-refractivity contribution in [3.05, 3.63) is 35.4 Å². The Labute approximate surface area is 132 Å². The Hall–Kier alpha value is -0.820. The van der Waals surface area contributed by atoms with Crippen molar-refractivity contribution in [3.8, 4) is 0 Å². The number of benzene rings is 1. The fourth-order valence-electron chi connectivity index (χ4n) is 2.85. The van der Waals surface area contributed by atoms with Crippen molar-refractivity contribution in [3.63, 3.8) is 0 Å². The van der Waals surface area contributed by atoms with Gasteiger partial charge in [0.25, 0.3) is 0 Å². The molecule has 0 spiro atoms. The minimum Gasteiger partial charge on any atom is -0.316 e. The van der Waals surface area contributed by atoms with E-state index in [0.29, 0.717) is 5.92 Å². The molecular weight excluding hydrogens is 254 g/mol. The molecule has 1 rings (SSSR count). The predicted octanol–water partition coefficient (Wildman–Crippen LogP) is 5.26. The lowest BCUT2D eigenvalue weighted by Crippen LogP contribution is -2.28. The normalized spacial score (nSPS) is 13.4. The second kappa shape index (κ2) is 9.25. The van der Waals surface area contributed by atoms with Crippen LogP contribution in [0.4, 0.5) is 0 Å². The Bertz CT molecular complexity index is 375. The van der Waals surface area contributed by atoms with Crippen LogP contribution in [0.15, 0.2) is 24.3 Å². The summed E-state index contributed by atoms with van der Waals surface area (Å²) in [5.41, 5.74) is 2.92. The van der Waals surface area contributed by atoms with Crippen LogP contribution in [0.2, 0.25) is 0 Å². The molecule has 21 heavy (non-hydrogen) atoms. The highest BCUT2D eigenvalue weighted by molar-refractivity contribution is 5.25. The van der Waals surface area contributed by atoms with Gasteiger partial charge in [0.2, 0.25) is 0 Å². The second-order valence-corrected chi connectivity index (χ2v) is 7.65. The largest absolute Gasteiger partial charge is 0.316 e. The Kier molecular flexibility index (Phi) is 8.03. The molecule has 0 saturated carbocycles. The molecule has 0 bridgehead atoms. The van der Waals surface area contributed by atoms with Gasteiger partial charge in [-0.2, -0.15) is 0 Å².